The van der Waals surface area contributed by atoms with Gasteiger partial charge in [-0.25, -0.2) is 4.79 Å². The van der Waals surface area contributed by atoms with Crippen LogP contribution < -0.4 is 15.4 Å². The van der Waals surface area contributed by atoms with Gasteiger partial charge in [-0.3, -0.25) is 4.90 Å². The number of anilines is 2. The number of ether oxygens (including phenoxy) is 2. The number of hydrogen-bond donors (Lipinski definition) is 1. The quantitative estimate of drug-likeness (QED) is 0.455. The number of nitrogens with zero attached hydrogens (tertiary/aromatic N) is 1. The molecule has 0 unspecified atom stereocenters. The van der Waals surface area contributed by atoms with Gasteiger partial charge in [0.15, 0.2) is 0 Å². The molecule has 0 aliphatic carbocycles. The van der Waals surface area contributed by atoms with Crippen LogP contribution >= 0.6 is 11.6 Å². The average Bonchev–Trinajstić information content (AvgIpc) is 3.11. The van der Waals surface area contributed by atoms with Crippen LogP contribution in [0.1, 0.15) is 37.8 Å². The summed E-state index contributed by atoms with van der Waals surface area (Å²) in [5, 5.41) is 2.25. The Bertz CT molecular complexity index is 1190. The largest absolute Gasteiger partial charge is 0.488 e. The fourth-order valence-corrected chi connectivity index (χ4v) is 4.16. The molecule has 1 amide bonds. The predicted octanol–water partition coefficient (Wildman–Crippen LogP) is 6.59. The lowest BCUT2D eigenvalue weighted by Crippen LogP contribution is -2.36. The van der Waals surface area contributed by atoms with Crippen LogP contribution in [-0.2, 0) is 11.3 Å². The van der Waals surface area contributed by atoms with Crippen LogP contribution in [0.15, 0.2) is 66.2 Å². The molecule has 1 atom stereocenters. The van der Waals surface area contributed by atoms with Crippen LogP contribution in [0.5, 0.6) is 5.75 Å². The third kappa shape index (κ3) is 4.39. The Morgan fingerprint density at radius 3 is 2.53 bits per heavy atom. The molecule has 3 aromatic rings. The molecule has 0 aromatic heterocycles. The summed E-state index contributed by atoms with van der Waals surface area (Å²) in [6, 6.07) is 17.5. The van der Waals surface area contributed by atoms with Crippen molar-refractivity contribution in [2.75, 3.05) is 17.2 Å². The van der Waals surface area contributed by atoms with Crippen molar-refractivity contribution in [3.63, 3.8) is 0 Å². The number of rotatable bonds is 4. The number of nitrogen functional groups attached to an aromatic ring is 1. The van der Waals surface area contributed by atoms with E-state index in [1.165, 1.54) is 0 Å². The molecule has 166 valence electrons. The van der Waals surface area contributed by atoms with Crippen LogP contribution in [0.3, 0.4) is 0 Å². The molecule has 2 N–H and O–H groups in total. The van der Waals surface area contributed by atoms with Crippen molar-refractivity contribution >= 4 is 39.8 Å². The number of fused-ring (bicyclic) bond motifs is 3. The molecule has 0 spiro atoms. The van der Waals surface area contributed by atoms with Gasteiger partial charge in [-0.15, -0.1) is 0 Å². The SMILES string of the molecule is C=C(Cl)[C@@H]1CN(C(=O)OC(C)(C)C)c2cc(OCc3ccccc3)c3ccc(N)cc3c21. The van der Waals surface area contributed by atoms with Gasteiger partial charge in [0, 0.05) is 34.6 Å². The van der Waals surface area contributed by atoms with Crippen molar-refractivity contribution < 1.29 is 14.3 Å². The Hall–Kier alpha value is -3.18. The lowest BCUT2D eigenvalue weighted by Gasteiger charge is -2.25. The van der Waals surface area contributed by atoms with Crippen molar-refractivity contribution in [1.29, 1.82) is 0 Å². The molecule has 1 aliphatic rings. The summed E-state index contributed by atoms with van der Waals surface area (Å²) in [6.07, 6.45) is -0.434. The summed E-state index contributed by atoms with van der Waals surface area (Å²) >= 11 is 6.40. The van der Waals surface area contributed by atoms with E-state index >= 15 is 0 Å². The van der Waals surface area contributed by atoms with Gasteiger partial charge in [0.05, 0.1) is 5.69 Å². The number of nitrogens with two attached hydrogens (primary N) is 1. The first-order valence-corrected chi connectivity index (χ1v) is 10.9. The van der Waals surface area contributed by atoms with Gasteiger partial charge < -0.3 is 15.2 Å². The maximum absolute atomic E-state index is 13.1. The highest BCUT2D eigenvalue weighted by Gasteiger charge is 2.38. The van der Waals surface area contributed by atoms with E-state index in [-0.39, 0.29) is 5.92 Å². The second kappa shape index (κ2) is 8.40. The van der Waals surface area contributed by atoms with E-state index in [0.717, 1.165) is 21.9 Å². The molecule has 0 radical (unpaired) electrons. The summed E-state index contributed by atoms with van der Waals surface area (Å²) in [7, 11) is 0. The van der Waals surface area contributed by atoms with E-state index in [4.69, 9.17) is 26.8 Å². The van der Waals surface area contributed by atoms with Gasteiger partial charge in [0.1, 0.15) is 18.0 Å². The van der Waals surface area contributed by atoms with Crippen molar-refractivity contribution in [3.05, 3.63) is 77.3 Å². The summed E-state index contributed by atoms with van der Waals surface area (Å²) in [5.41, 5.74) is 8.78. The molecule has 3 aromatic carbocycles. The summed E-state index contributed by atoms with van der Waals surface area (Å²) < 4.78 is 11.9. The normalized spacial score (nSPS) is 15.5. The van der Waals surface area contributed by atoms with Crippen molar-refractivity contribution in [2.45, 2.75) is 38.9 Å². The molecule has 4 rings (SSSR count). The first-order valence-electron chi connectivity index (χ1n) is 10.5. The van der Waals surface area contributed by atoms with E-state index in [1.54, 1.807) is 4.90 Å². The highest BCUT2D eigenvalue weighted by Crippen LogP contribution is 2.48. The fourth-order valence-electron chi connectivity index (χ4n) is 3.98. The summed E-state index contributed by atoms with van der Waals surface area (Å²) in [4.78, 5) is 14.7. The Morgan fingerprint density at radius 2 is 1.88 bits per heavy atom. The number of amides is 1. The maximum Gasteiger partial charge on any atom is 0.414 e. The smallest absolute Gasteiger partial charge is 0.414 e. The average molecular weight is 451 g/mol. The Labute approximate surface area is 193 Å². The van der Waals surface area contributed by atoms with Crippen LogP contribution in [0, 0.1) is 0 Å². The minimum absolute atomic E-state index is 0.244. The fraction of sp³-hybridized carbons (Fsp3) is 0.269. The zero-order valence-electron chi connectivity index (χ0n) is 18.5. The molecule has 0 bridgehead atoms. The van der Waals surface area contributed by atoms with E-state index in [1.807, 2.05) is 75.4 Å². The lowest BCUT2D eigenvalue weighted by atomic mass is 9.94. The first kappa shape index (κ1) is 22.0. The van der Waals surface area contributed by atoms with Crippen molar-refractivity contribution in [3.8, 4) is 5.75 Å². The van der Waals surface area contributed by atoms with E-state index in [2.05, 4.69) is 6.58 Å². The minimum atomic E-state index is -0.624. The van der Waals surface area contributed by atoms with E-state index in [9.17, 15) is 4.79 Å². The number of halogens is 1. The summed E-state index contributed by atoms with van der Waals surface area (Å²) in [5.74, 6) is 0.420. The van der Waals surface area contributed by atoms with Gasteiger partial charge in [-0.1, -0.05) is 48.5 Å². The maximum atomic E-state index is 13.1. The second-order valence-electron chi connectivity index (χ2n) is 8.98. The second-order valence-corrected chi connectivity index (χ2v) is 9.46. The highest BCUT2D eigenvalue weighted by molar-refractivity contribution is 6.30. The first-order chi connectivity index (χ1) is 15.1. The van der Waals surface area contributed by atoms with Crippen LogP contribution in [0.25, 0.3) is 10.8 Å². The van der Waals surface area contributed by atoms with Crippen LogP contribution in [0.2, 0.25) is 0 Å². The monoisotopic (exact) mass is 450 g/mol. The number of carbonyl (C=O) groups excluding carboxylic acids is 1. The molecule has 1 heterocycles. The zero-order valence-corrected chi connectivity index (χ0v) is 19.3. The van der Waals surface area contributed by atoms with Gasteiger partial charge in [-0.2, -0.15) is 0 Å². The van der Waals surface area contributed by atoms with Gasteiger partial charge >= 0.3 is 6.09 Å². The minimum Gasteiger partial charge on any atom is -0.488 e. The molecule has 0 saturated heterocycles. The summed E-state index contributed by atoms with van der Waals surface area (Å²) in [6.45, 7) is 10.2. The molecule has 0 saturated carbocycles. The third-order valence-electron chi connectivity index (χ3n) is 5.38. The standard InChI is InChI=1S/C26H27ClN2O3/c1-16(27)21-14-29(25(30)32-26(2,3)4)22-13-23(31-15-17-8-6-5-7-9-17)19-11-10-18(28)12-20(19)24(21)22/h5-13,21H,1,14-15,28H2,2-4H3/t21-/m0/s1. The van der Waals surface area contributed by atoms with Gasteiger partial charge in [0.2, 0.25) is 0 Å². The zero-order chi connectivity index (χ0) is 23.0. The van der Waals surface area contributed by atoms with Gasteiger partial charge in [-0.05, 0) is 55.5 Å². The van der Waals surface area contributed by atoms with Crippen LogP contribution in [0.4, 0.5) is 16.2 Å². The molecule has 5 nitrogen and oxygen atoms in total. The molecule has 32 heavy (non-hydrogen) atoms. The Morgan fingerprint density at radius 1 is 1.16 bits per heavy atom. The molecule has 0 fully saturated rings. The Kier molecular flexibility index (Phi) is 5.78. The molecule has 6 heteroatoms. The van der Waals surface area contributed by atoms with Crippen LogP contribution in [-0.4, -0.2) is 18.2 Å². The molecule has 1 aliphatic heterocycles. The lowest BCUT2D eigenvalue weighted by molar-refractivity contribution is 0.0583. The Balaban J connectivity index is 1.84. The highest BCUT2D eigenvalue weighted by atomic mass is 35.5. The van der Waals surface area contributed by atoms with Gasteiger partial charge in [0.25, 0.3) is 0 Å². The number of benzene rings is 3. The van der Waals surface area contributed by atoms with Crippen molar-refractivity contribution in [1.82, 2.24) is 0 Å². The third-order valence-corrected chi connectivity index (χ3v) is 5.64. The van der Waals surface area contributed by atoms with Crippen molar-refractivity contribution in [2.24, 2.45) is 0 Å². The van der Waals surface area contributed by atoms with E-state index < -0.39 is 11.7 Å². The predicted molar refractivity (Wildman–Crippen MR) is 130 cm³/mol. The molecular weight excluding hydrogens is 424 g/mol. The molecular formula is C26H27ClN2O3. The number of carbonyl (C=O) groups is 1. The number of hydrogen-bond acceptors (Lipinski definition) is 4. The topological polar surface area (TPSA) is 64.8 Å². The van der Waals surface area contributed by atoms with E-state index in [0.29, 0.717) is 35.3 Å².